The molecule has 0 bridgehead atoms. The summed E-state index contributed by atoms with van der Waals surface area (Å²) >= 11 is 5.30. The van der Waals surface area contributed by atoms with Gasteiger partial charge in [0, 0.05) is 11.1 Å². The van der Waals surface area contributed by atoms with Crippen molar-refractivity contribution in [1.82, 2.24) is 0 Å². The number of hydrogen-bond donors (Lipinski definition) is 0. The van der Waals surface area contributed by atoms with Crippen LogP contribution in [-0.4, -0.2) is 5.97 Å². The van der Waals surface area contributed by atoms with E-state index in [1.54, 1.807) is 0 Å². The second-order valence-corrected chi connectivity index (χ2v) is 4.17. The van der Waals surface area contributed by atoms with Gasteiger partial charge < -0.3 is 28.8 Å². The largest absolute Gasteiger partial charge is 1.00 e. The van der Waals surface area contributed by atoms with Crippen molar-refractivity contribution >= 4 is 31.2 Å². The monoisotopic (exact) mass is 344 g/mol. The molecule has 0 unspecified atom stereocenters. The van der Waals surface area contributed by atoms with Crippen LogP contribution in [0.3, 0.4) is 0 Å². The van der Waals surface area contributed by atoms with Gasteiger partial charge in [-0.15, -0.1) is 0 Å². The number of aromatic carboxylic acids is 1. The van der Waals surface area contributed by atoms with Gasteiger partial charge in [-0.2, -0.15) is 0 Å². The van der Waals surface area contributed by atoms with Crippen molar-refractivity contribution < 1.29 is 117 Å². The number of halogens is 1. The molecule has 92 valence electrons. The minimum Gasteiger partial charge on any atom is -0.780 e. The Labute approximate surface area is 187 Å². The zero-order chi connectivity index (χ0) is 13.1. The molecule has 0 spiro atoms. The zero-order valence-corrected chi connectivity index (χ0v) is 18.8. The first-order valence-corrected chi connectivity index (χ1v) is 6.07. The van der Waals surface area contributed by atoms with Crippen molar-refractivity contribution in [2.75, 3.05) is 0 Å². The van der Waals surface area contributed by atoms with Gasteiger partial charge in [-0.25, -0.2) is 0 Å². The third-order valence-electron chi connectivity index (χ3n) is 1.71. The Morgan fingerprint density at radius 2 is 1.50 bits per heavy atom. The van der Waals surface area contributed by atoms with Crippen LogP contribution in [0.15, 0.2) is 29.8 Å². The van der Waals surface area contributed by atoms with E-state index in [1.165, 1.54) is 12.1 Å². The summed E-state index contributed by atoms with van der Waals surface area (Å²) in [4.78, 5) is 31.2. The van der Waals surface area contributed by atoms with E-state index in [0.29, 0.717) is 0 Å². The Kier molecular flexibility index (Phi) is 16.1. The van der Waals surface area contributed by atoms with Crippen molar-refractivity contribution in [3.05, 3.63) is 40.9 Å². The SMILES string of the molecule is O=C([O-])c1ccc(/C(=C/Cl)OP(=O)([O-])[O-])cc1.[Na+].[Na+].[Na+]. The van der Waals surface area contributed by atoms with E-state index in [1.807, 2.05) is 0 Å². The molecule has 0 fully saturated rings. The Bertz CT molecular complexity index is 501. The molecule has 20 heavy (non-hydrogen) atoms. The van der Waals surface area contributed by atoms with Crippen molar-refractivity contribution in [2.45, 2.75) is 0 Å². The van der Waals surface area contributed by atoms with Crippen molar-refractivity contribution in [3.63, 3.8) is 0 Å². The zero-order valence-electron chi connectivity index (χ0n) is 11.2. The Morgan fingerprint density at radius 3 is 1.80 bits per heavy atom. The molecule has 0 radical (unpaired) electrons. The molecule has 0 saturated heterocycles. The van der Waals surface area contributed by atoms with E-state index in [-0.39, 0.29) is 106 Å². The Morgan fingerprint density at radius 1 is 1.10 bits per heavy atom. The van der Waals surface area contributed by atoms with E-state index in [4.69, 9.17) is 11.6 Å². The van der Waals surface area contributed by atoms with Crippen LogP contribution in [0.2, 0.25) is 0 Å². The maximum atomic E-state index is 10.5. The molecule has 0 heterocycles. The first-order valence-electron chi connectivity index (χ1n) is 4.17. The fourth-order valence-electron chi connectivity index (χ4n) is 1.03. The van der Waals surface area contributed by atoms with Crippen LogP contribution in [-0.2, 0) is 9.09 Å². The number of phosphoric acid groups is 1. The Balaban J connectivity index is -0.000000963. The molecule has 1 aromatic carbocycles. The van der Waals surface area contributed by atoms with Crippen molar-refractivity contribution in [3.8, 4) is 0 Å². The smallest absolute Gasteiger partial charge is 0.780 e. The molecule has 0 aliphatic carbocycles. The van der Waals surface area contributed by atoms with E-state index in [9.17, 15) is 24.3 Å². The summed E-state index contributed by atoms with van der Waals surface area (Å²) in [5.41, 5.74) is 0.809. The second kappa shape index (κ2) is 12.1. The summed E-state index contributed by atoms with van der Waals surface area (Å²) in [6.45, 7) is 0. The number of hydrogen-bond acceptors (Lipinski definition) is 6. The van der Waals surface area contributed by atoms with Gasteiger partial charge in [-0.3, -0.25) is 0 Å². The molecule has 0 atom stereocenters. The summed E-state index contributed by atoms with van der Waals surface area (Å²) in [5.74, 6) is -1.77. The molecule has 1 rings (SSSR count). The predicted octanol–water partition coefficient (Wildman–Crippen LogP) is -9.56. The molecule has 0 N–H and O–H groups in total. The number of carboxylic acid groups (broad SMARTS) is 1. The van der Waals surface area contributed by atoms with Crippen LogP contribution < -0.4 is 104 Å². The molecular formula is C9H5ClNa3O6P. The summed E-state index contributed by atoms with van der Waals surface area (Å²) in [6, 6.07) is 4.79. The maximum absolute atomic E-state index is 10.5. The molecule has 6 nitrogen and oxygen atoms in total. The van der Waals surface area contributed by atoms with Crippen LogP contribution in [0.1, 0.15) is 15.9 Å². The summed E-state index contributed by atoms with van der Waals surface area (Å²) < 4.78 is 14.5. The van der Waals surface area contributed by atoms with Crippen LogP contribution in [0, 0.1) is 0 Å². The number of carbonyl (C=O) groups is 1. The molecule has 0 aromatic heterocycles. The topological polar surface area (TPSA) is 113 Å². The Hall–Kier alpha value is 1.67. The van der Waals surface area contributed by atoms with Crippen LogP contribution in [0.25, 0.3) is 5.76 Å². The first-order chi connectivity index (χ1) is 7.83. The third-order valence-corrected chi connectivity index (χ3v) is 2.33. The van der Waals surface area contributed by atoms with Crippen molar-refractivity contribution in [1.29, 1.82) is 0 Å². The average molecular weight is 345 g/mol. The number of rotatable bonds is 4. The normalized spacial score (nSPS) is 10.4. The number of carbonyl (C=O) groups excluding carboxylic acids is 1. The van der Waals surface area contributed by atoms with Crippen LogP contribution in [0.5, 0.6) is 0 Å². The molecule has 0 saturated carbocycles. The van der Waals surface area contributed by atoms with Crippen LogP contribution >= 0.6 is 19.4 Å². The number of benzene rings is 1. The van der Waals surface area contributed by atoms with E-state index < -0.39 is 13.8 Å². The van der Waals surface area contributed by atoms with Gasteiger partial charge in [-0.05, 0) is 5.56 Å². The van der Waals surface area contributed by atoms with Gasteiger partial charge in [0.25, 0.3) is 0 Å². The summed E-state index contributed by atoms with van der Waals surface area (Å²) in [6.07, 6.45) is 0. The van der Waals surface area contributed by atoms with E-state index in [2.05, 4.69) is 4.52 Å². The molecule has 0 amide bonds. The van der Waals surface area contributed by atoms with Gasteiger partial charge in [-0.1, -0.05) is 35.9 Å². The molecule has 1 aromatic rings. The van der Waals surface area contributed by atoms with Gasteiger partial charge in [0.2, 0.25) is 0 Å². The van der Waals surface area contributed by atoms with E-state index >= 15 is 0 Å². The minimum atomic E-state index is -5.22. The van der Waals surface area contributed by atoms with Crippen molar-refractivity contribution in [2.24, 2.45) is 0 Å². The van der Waals surface area contributed by atoms with E-state index in [0.717, 1.165) is 17.7 Å². The molecule has 0 aliphatic heterocycles. The molecular weight excluding hydrogens is 339 g/mol. The quantitative estimate of drug-likeness (QED) is 0.304. The van der Waals surface area contributed by atoms with Gasteiger partial charge in [0.1, 0.15) is 13.6 Å². The number of phosphoric ester groups is 1. The fraction of sp³-hybridized carbons (Fsp3) is 0. The molecule has 0 aliphatic rings. The average Bonchev–Trinajstić information content (AvgIpc) is 2.25. The third kappa shape index (κ3) is 9.64. The van der Waals surface area contributed by atoms with Gasteiger partial charge in [0.15, 0.2) is 0 Å². The summed E-state index contributed by atoms with van der Waals surface area (Å²) in [7, 11) is -5.22. The standard InChI is InChI=1S/C9H8ClO6P.3Na/c10-5-8(16-17(13,14)15)6-1-3-7(4-2-6)9(11)12;;;/h1-5H,(H,11,12)(H2,13,14,15);;;/q;3*+1/p-3/b8-5-;;;. The predicted molar refractivity (Wildman–Crippen MR) is 53.3 cm³/mol. The molecule has 11 heteroatoms. The summed E-state index contributed by atoms with van der Waals surface area (Å²) in [5, 5.41) is 10.5. The maximum Gasteiger partial charge on any atom is 1.00 e. The minimum absolute atomic E-state index is 0. The van der Waals surface area contributed by atoms with Crippen LogP contribution in [0.4, 0.5) is 0 Å². The number of carboxylic acids is 1. The first kappa shape index (κ1) is 26.6. The van der Waals surface area contributed by atoms with Gasteiger partial charge in [0.05, 0.1) is 5.97 Å². The second-order valence-electron chi connectivity index (χ2n) is 2.88. The fourth-order valence-corrected chi connectivity index (χ4v) is 1.66. The van der Waals surface area contributed by atoms with Gasteiger partial charge >= 0.3 is 88.7 Å².